The van der Waals surface area contributed by atoms with Crippen LogP contribution in [0.4, 0.5) is 0 Å². The largest absolute Gasteiger partial charge is 0.309 e. The zero-order chi connectivity index (χ0) is 14.7. The van der Waals surface area contributed by atoms with Crippen LogP contribution >= 0.6 is 11.3 Å². The normalized spacial score (nSPS) is 14.2. The van der Waals surface area contributed by atoms with Gasteiger partial charge < -0.3 is 5.32 Å². The van der Waals surface area contributed by atoms with Crippen LogP contribution in [0.3, 0.4) is 0 Å². The molecule has 4 heteroatoms. The minimum atomic E-state index is 0.311. The molecule has 2 rings (SSSR count). The maximum Gasteiger partial charge on any atom is 0.0965 e. The van der Waals surface area contributed by atoms with Crippen LogP contribution in [0, 0.1) is 20.8 Å². The number of hydrogen-bond donors (Lipinski definition) is 1. The average molecular weight is 289 g/mol. The summed E-state index contributed by atoms with van der Waals surface area (Å²) in [4.78, 5) is 8.96. The molecule has 0 radical (unpaired) electrons. The Hall–Kier alpha value is -1.26. The highest BCUT2D eigenvalue weighted by Gasteiger charge is 2.15. The van der Waals surface area contributed by atoms with Crippen molar-refractivity contribution >= 4 is 11.3 Å². The van der Waals surface area contributed by atoms with Crippen LogP contribution in [-0.2, 0) is 0 Å². The van der Waals surface area contributed by atoms with Crippen LogP contribution in [0.5, 0.6) is 0 Å². The third kappa shape index (κ3) is 3.44. The molecule has 0 aliphatic heterocycles. The third-order valence-corrected chi connectivity index (χ3v) is 4.63. The molecule has 2 aromatic heterocycles. The van der Waals surface area contributed by atoms with Gasteiger partial charge in [0.2, 0.25) is 0 Å². The molecular formula is C16H23N3S. The lowest BCUT2D eigenvalue weighted by molar-refractivity contribution is 0.531. The molecule has 3 nitrogen and oxygen atoms in total. The maximum atomic E-state index is 4.58. The van der Waals surface area contributed by atoms with Crippen molar-refractivity contribution in [3.8, 4) is 0 Å². The molecule has 0 spiro atoms. The van der Waals surface area contributed by atoms with Crippen molar-refractivity contribution in [2.24, 2.45) is 0 Å². The summed E-state index contributed by atoms with van der Waals surface area (Å²) in [6, 6.07) is 2.47. The summed E-state index contributed by atoms with van der Waals surface area (Å²) in [5.41, 5.74) is 4.86. The Labute approximate surface area is 125 Å². The first-order valence-corrected chi connectivity index (χ1v) is 7.94. The van der Waals surface area contributed by atoms with Crippen LogP contribution in [0.1, 0.15) is 53.3 Å². The first-order valence-electron chi connectivity index (χ1n) is 7.06. The molecule has 2 heterocycles. The van der Waals surface area contributed by atoms with Gasteiger partial charge in [-0.15, -0.1) is 11.3 Å². The van der Waals surface area contributed by atoms with Crippen LogP contribution in [0.15, 0.2) is 17.6 Å². The van der Waals surface area contributed by atoms with Crippen LogP contribution in [0.2, 0.25) is 0 Å². The second-order valence-electron chi connectivity index (χ2n) is 5.48. The minimum absolute atomic E-state index is 0.311. The quantitative estimate of drug-likeness (QED) is 0.906. The zero-order valence-electron chi connectivity index (χ0n) is 12.9. The standard InChI is InChI=1S/C16H23N3S/c1-10-8-12(3)19-14(5)15(10)13(4)18-9-11(2)16-17-6-7-20-16/h6-8,11,13,18H,9H2,1-5H3. The van der Waals surface area contributed by atoms with E-state index >= 15 is 0 Å². The highest BCUT2D eigenvalue weighted by atomic mass is 32.1. The number of rotatable bonds is 5. The first kappa shape index (κ1) is 15.1. The highest BCUT2D eigenvalue weighted by Crippen LogP contribution is 2.23. The molecule has 2 atom stereocenters. The van der Waals surface area contributed by atoms with Gasteiger partial charge in [0.25, 0.3) is 0 Å². The van der Waals surface area contributed by atoms with Crippen molar-refractivity contribution < 1.29 is 0 Å². The second-order valence-corrected chi connectivity index (χ2v) is 6.41. The molecule has 2 aromatic rings. The fourth-order valence-corrected chi connectivity index (χ4v) is 3.41. The predicted octanol–water partition coefficient (Wildman–Crippen LogP) is 3.92. The lowest BCUT2D eigenvalue weighted by atomic mass is 10.00. The number of pyridine rings is 1. The molecule has 0 aliphatic rings. The second kappa shape index (κ2) is 6.46. The molecule has 0 aliphatic carbocycles. The summed E-state index contributed by atoms with van der Waals surface area (Å²) in [6.45, 7) is 11.7. The van der Waals surface area contributed by atoms with Gasteiger partial charge in [-0.05, 0) is 44.9 Å². The van der Waals surface area contributed by atoms with Gasteiger partial charge in [-0.1, -0.05) is 6.92 Å². The number of aromatic nitrogens is 2. The molecule has 0 bridgehead atoms. The van der Waals surface area contributed by atoms with Crippen molar-refractivity contribution in [2.75, 3.05) is 6.54 Å². The van der Waals surface area contributed by atoms with Crippen molar-refractivity contribution in [1.29, 1.82) is 0 Å². The van der Waals surface area contributed by atoms with Crippen molar-refractivity contribution in [3.63, 3.8) is 0 Å². The Balaban J connectivity index is 2.04. The predicted molar refractivity (Wildman–Crippen MR) is 85.4 cm³/mol. The molecular weight excluding hydrogens is 266 g/mol. The van der Waals surface area contributed by atoms with Gasteiger partial charge in [-0.25, -0.2) is 4.98 Å². The summed E-state index contributed by atoms with van der Waals surface area (Å²) in [5.74, 6) is 0.441. The van der Waals surface area contributed by atoms with Crippen LogP contribution < -0.4 is 5.32 Å². The fourth-order valence-electron chi connectivity index (χ4n) is 2.71. The summed E-state index contributed by atoms with van der Waals surface area (Å²) in [7, 11) is 0. The summed E-state index contributed by atoms with van der Waals surface area (Å²) in [6.07, 6.45) is 1.87. The van der Waals surface area contributed by atoms with Gasteiger partial charge >= 0.3 is 0 Å². The topological polar surface area (TPSA) is 37.8 Å². The number of hydrogen-bond acceptors (Lipinski definition) is 4. The van der Waals surface area contributed by atoms with E-state index in [-0.39, 0.29) is 0 Å². The number of nitrogens with one attached hydrogen (secondary N) is 1. The SMILES string of the molecule is Cc1cc(C)c(C(C)NCC(C)c2nccs2)c(C)n1. The van der Waals surface area contributed by atoms with E-state index in [1.165, 1.54) is 16.1 Å². The van der Waals surface area contributed by atoms with Gasteiger partial charge in [0, 0.05) is 41.5 Å². The molecule has 20 heavy (non-hydrogen) atoms. The summed E-state index contributed by atoms with van der Waals surface area (Å²) < 4.78 is 0. The molecule has 1 N–H and O–H groups in total. The van der Waals surface area contributed by atoms with E-state index in [1.54, 1.807) is 11.3 Å². The van der Waals surface area contributed by atoms with E-state index in [0.717, 1.165) is 17.9 Å². The summed E-state index contributed by atoms with van der Waals surface area (Å²) >= 11 is 1.72. The zero-order valence-corrected chi connectivity index (χ0v) is 13.7. The monoisotopic (exact) mass is 289 g/mol. The van der Waals surface area contributed by atoms with Crippen molar-refractivity contribution in [2.45, 2.75) is 46.6 Å². The minimum Gasteiger partial charge on any atom is -0.309 e. The summed E-state index contributed by atoms with van der Waals surface area (Å²) in [5, 5.41) is 6.84. The fraction of sp³-hybridized carbons (Fsp3) is 0.500. The van der Waals surface area contributed by atoms with Gasteiger partial charge in [-0.2, -0.15) is 0 Å². The first-order chi connectivity index (χ1) is 9.49. The Morgan fingerprint density at radius 1 is 1.25 bits per heavy atom. The average Bonchev–Trinajstić information content (AvgIpc) is 2.88. The highest BCUT2D eigenvalue weighted by molar-refractivity contribution is 7.09. The lowest BCUT2D eigenvalue weighted by Crippen LogP contribution is -2.25. The van der Waals surface area contributed by atoms with E-state index in [4.69, 9.17) is 0 Å². The van der Waals surface area contributed by atoms with Crippen molar-refractivity contribution in [1.82, 2.24) is 15.3 Å². The lowest BCUT2D eigenvalue weighted by Gasteiger charge is -2.20. The molecule has 0 fully saturated rings. The van der Waals surface area contributed by atoms with Gasteiger partial charge in [0.05, 0.1) is 5.01 Å². The van der Waals surface area contributed by atoms with Gasteiger partial charge in [-0.3, -0.25) is 4.98 Å². The Morgan fingerprint density at radius 2 is 2.00 bits per heavy atom. The Kier molecular flexibility index (Phi) is 4.89. The maximum absolute atomic E-state index is 4.58. The van der Waals surface area contributed by atoms with E-state index in [2.05, 4.69) is 49.0 Å². The van der Waals surface area contributed by atoms with Gasteiger partial charge in [0.1, 0.15) is 0 Å². The molecule has 108 valence electrons. The Morgan fingerprint density at radius 3 is 2.60 bits per heavy atom. The molecule has 0 saturated heterocycles. The number of thiazole rings is 1. The molecule has 0 aromatic carbocycles. The molecule has 0 saturated carbocycles. The van der Waals surface area contributed by atoms with E-state index in [1.807, 2.05) is 18.5 Å². The molecule has 2 unspecified atom stereocenters. The smallest absolute Gasteiger partial charge is 0.0965 e. The van der Waals surface area contributed by atoms with Gasteiger partial charge in [0.15, 0.2) is 0 Å². The van der Waals surface area contributed by atoms with Crippen molar-refractivity contribution in [3.05, 3.63) is 45.2 Å². The van der Waals surface area contributed by atoms with E-state index in [0.29, 0.717) is 12.0 Å². The van der Waals surface area contributed by atoms with E-state index < -0.39 is 0 Å². The van der Waals surface area contributed by atoms with E-state index in [9.17, 15) is 0 Å². The third-order valence-electron chi connectivity index (χ3n) is 3.62. The number of aryl methyl sites for hydroxylation is 3. The Bertz CT molecular complexity index is 540. The number of nitrogens with zero attached hydrogens (tertiary/aromatic N) is 2. The molecule has 0 amide bonds. The van der Waals surface area contributed by atoms with Crippen LogP contribution in [0.25, 0.3) is 0 Å². The van der Waals surface area contributed by atoms with Crippen LogP contribution in [-0.4, -0.2) is 16.5 Å².